The van der Waals surface area contributed by atoms with Crippen molar-refractivity contribution in [1.29, 1.82) is 0 Å². The van der Waals surface area contributed by atoms with E-state index in [0.29, 0.717) is 0 Å². The fourth-order valence-corrected chi connectivity index (χ4v) is 9.49. The molecule has 0 saturated heterocycles. The van der Waals surface area contributed by atoms with Gasteiger partial charge in [0.15, 0.2) is 0 Å². The third-order valence-corrected chi connectivity index (χ3v) is 12.1. The van der Waals surface area contributed by atoms with Crippen molar-refractivity contribution >= 4 is 92.8 Å². The van der Waals surface area contributed by atoms with Gasteiger partial charge in [-0.05, 0) is 70.8 Å². The molecule has 0 fully saturated rings. The molecular formula is C49H29Br2NO2. The van der Waals surface area contributed by atoms with Gasteiger partial charge in [-0.3, -0.25) is 0 Å². The van der Waals surface area contributed by atoms with Crippen molar-refractivity contribution < 1.29 is 8.83 Å². The maximum absolute atomic E-state index is 6.55. The molecule has 0 bridgehead atoms. The maximum Gasteiger partial charge on any atom is 0.143 e. The highest BCUT2D eigenvalue weighted by Gasteiger charge is 2.29. The van der Waals surface area contributed by atoms with Crippen LogP contribution >= 0.6 is 31.9 Å². The summed E-state index contributed by atoms with van der Waals surface area (Å²) in [6.07, 6.45) is 0.782. The highest BCUT2D eigenvalue weighted by molar-refractivity contribution is 9.11. The summed E-state index contributed by atoms with van der Waals surface area (Å²) in [6.45, 7) is 0. The molecule has 54 heavy (non-hydrogen) atoms. The Morgan fingerprint density at radius 1 is 0.407 bits per heavy atom. The number of hydrogen-bond donors (Lipinski definition) is 0. The summed E-state index contributed by atoms with van der Waals surface area (Å²) in [7, 11) is 0. The molecule has 0 radical (unpaired) electrons. The number of furan rings is 2. The summed E-state index contributed by atoms with van der Waals surface area (Å²) in [5, 5.41) is 4.46. The first-order valence-corrected chi connectivity index (χ1v) is 19.6. The van der Waals surface area contributed by atoms with Crippen LogP contribution in [0.15, 0.2) is 182 Å². The zero-order chi connectivity index (χ0) is 35.9. The average Bonchev–Trinajstić information content (AvgIpc) is 3.79. The number of rotatable bonds is 4. The van der Waals surface area contributed by atoms with E-state index >= 15 is 0 Å². The maximum atomic E-state index is 6.55. The minimum atomic E-state index is 0.782. The fourth-order valence-electron chi connectivity index (χ4n) is 8.28. The molecule has 8 aromatic carbocycles. The quantitative estimate of drug-likeness (QED) is 0.177. The number of anilines is 3. The van der Waals surface area contributed by atoms with Crippen molar-refractivity contribution in [3.63, 3.8) is 0 Å². The molecule has 5 heteroatoms. The van der Waals surface area contributed by atoms with E-state index in [1.165, 1.54) is 22.3 Å². The molecule has 1 aliphatic rings. The average molecular weight is 824 g/mol. The third kappa shape index (κ3) is 4.92. The Bertz CT molecular complexity index is 2940. The molecule has 0 aliphatic carbocycles. The van der Waals surface area contributed by atoms with Crippen molar-refractivity contribution in [2.75, 3.05) is 4.90 Å². The van der Waals surface area contributed by atoms with E-state index in [-0.39, 0.29) is 0 Å². The molecule has 0 amide bonds. The van der Waals surface area contributed by atoms with E-state index in [4.69, 9.17) is 8.83 Å². The normalized spacial score (nSPS) is 12.5. The first-order chi connectivity index (χ1) is 26.6. The molecule has 2 aromatic heterocycles. The lowest BCUT2D eigenvalue weighted by Crippen LogP contribution is -2.19. The Hall–Kier alpha value is -5.88. The van der Waals surface area contributed by atoms with Crippen LogP contribution in [0, 0.1) is 0 Å². The van der Waals surface area contributed by atoms with Crippen molar-refractivity contribution in [3.8, 4) is 33.4 Å². The van der Waals surface area contributed by atoms with E-state index in [1.807, 2.05) is 24.3 Å². The Morgan fingerprint density at radius 2 is 0.870 bits per heavy atom. The standard InChI is InChI=1S/C49H29Br2NO2/c50-42-25-31-24-32-26-43(51)41(39-17-9-15-37-35-13-5-7-19-47(35)54-49(37)39)28-45(32)52(33-22-20-30(21-23-33)29-10-2-1-3-11-29)44(31)27-40(42)38-16-8-14-36-34-12-4-6-18-46(34)53-48(36)38/h1-23,25-28H,24H2. The van der Waals surface area contributed by atoms with Crippen LogP contribution in [0.4, 0.5) is 17.1 Å². The second-order valence-corrected chi connectivity index (χ2v) is 15.6. The molecule has 256 valence electrons. The molecular weight excluding hydrogens is 794 g/mol. The van der Waals surface area contributed by atoms with E-state index in [2.05, 4.69) is 176 Å². The first kappa shape index (κ1) is 31.6. The zero-order valence-corrected chi connectivity index (χ0v) is 32.0. The summed E-state index contributed by atoms with van der Waals surface area (Å²) >= 11 is 8.01. The summed E-state index contributed by atoms with van der Waals surface area (Å²) in [6, 6.07) is 58.1. The lowest BCUT2D eigenvalue weighted by molar-refractivity contribution is 0.669. The smallest absolute Gasteiger partial charge is 0.143 e. The topological polar surface area (TPSA) is 29.5 Å². The first-order valence-electron chi connectivity index (χ1n) is 18.0. The van der Waals surface area contributed by atoms with Gasteiger partial charge in [0.2, 0.25) is 0 Å². The van der Waals surface area contributed by atoms with Crippen LogP contribution in [-0.2, 0) is 6.42 Å². The van der Waals surface area contributed by atoms with Gasteiger partial charge in [0.05, 0.1) is 11.4 Å². The summed E-state index contributed by atoms with van der Waals surface area (Å²) in [5.41, 5.74) is 16.0. The Balaban J connectivity index is 1.13. The molecule has 0 spiro atoms. The number of nitrogens with zero attached hydrogens (tertiary/aromatic N) is 1. The minimum Gasteiger partial charge on any atom is -0.455 e. The van der Waals surface area contributed by atoms with Gasteiger partial charge in [-0.2, -0.15) is 0 Å². The molecule has 1 aliphatic heterocycles. The van der Waals surface area contributed by atoms with Gasteiger partial charge >= 0.3 is 0 Å². The zero-order valence-electron chi connectivity index (χ0n) is 28.8. The van der Waals surface area contributed by atoms with Crippen molar-refractivity contribution in [3.05, 3.63) is 184 Å². The molecule has 3 heterocycles. The predicted octanol–water partition coefficient (Wildman–Crippen LogP) is 15.4. The van der Waals surface area contributed by atoms with Gasteiger partial charge in [-0.25, -0.2) is 0 Å². The SMILES string of the molecule is Brc1cc2c(cc1-c1cccc3c1oc1ccccc13)N(c1ccc(-c3ccccc3)cc1)c1cc(-c3cccc4c3oc3ccccc34)c(Br)cc1C2. The molecule has 3 nitrogen and oxygen atoms in total. The van der Waals surface area contributed by atoms with Crippen LogP contribution < -0.4 is 4.90 Å². The Morgan fingerprint density at radius 3 is 1.41 bits per heavy atom. The lowest BCUT2D eigenvalue weighted by Gasteiger charge is -2.35. The highest BCUT2D eigenvalue weighted by Crippen LogP contribution is 2.51. The highest BCUT2D eigenvalue weighted by atomic mass is 79.9. The fraction of sp³-hybridized carbons (Fsp3) is 0.0204. The largest absolute Gasteiger partial charge is 0.455 e. The molecule has 0 saturated carbocycles. The van der Waals surface area contributed by atoms with Crippen molar-refractivity contribution in [1.82, 2.24) is 0 Å². The van der Waals surface area contributed by atoms with Crippen LogP contribution in [0.5, 0.6) is 0 Å². The summed E-state index contributed by atoms with van der Waals surface area (Å²) < 4.78 is 15.2. The molecule has 0 unspecified atom stereocenters. The van der Waals surface area contributed by atoms with Gasteiger partial charge in [0.25, 0.3) is 0 Å². The second kappa shape index (κ2) is 12.3. The van der Waals surface area contributed by atoms with Crippen molar-refractivity contribution in [2.45, 2.75) is 6.42 Å². The van der Waals surface area contributed by atoms with Crippen LogP contribution in [0.25, 0.3) is 77.3 Å². The van der Waals surface area contributed by atoms with E-state index < -0.39 is 0 Å². The van der Waals surface area contributed by atoms with Crippen molar-refractivity contribution in [2.24, 2.45) is 0 Å². The number of para-hydroxylation sites is 4. The Labute approximate surface area is 328 Å². The second-order valence-electron chi connectivity index (χ2n) is 13.9. The third-order valence-electron chi connectivity index (χ3n) is 10.8. The molecule has 10 aromatic rings. The summed E-state index contributed by atoms with van der Waals surface area (Å²) in [5.74, 6) is 0. The minimum absolute atomic E-state index is 0.782. The van der Waals surface area contributed by atoms with Gasteiger partial charge in [-0.15, -0.1) is 0 Å². The predicted molar refractivity (Wildman–Crippen MR) is 230 cm³/mol. The van der Waals surface area contributed by atoms with E-state index in [9.17, 15) is 0 Å². The molecule has 11 rings (SSSR count). The number of benzene rings is 8. The lowest BCUT2D eigenvalue weighted by atomic mass is 9.90. The number of halogens is 2. The van der Waals surface area contributed by atoms with Crippen LogP contribution in [0.2, 0.25) is 0 Å². The van der Waals surface area contributed by atoms with Crippen LogP contribution in [-0.4, -0.2) is 0 Å². The van der Waals surface area contributed by atoms with Gasteiger partial charge in [0, 0.05) is 64.9 Å². The van der Waals surface area contributed by atoms with E-state index in [0.717, 1.165) is 98.6 Å². The molecule has 0 atom stereocenters. The van der Waals surface area contributed by atoms with Gasteiger partial charge < -0.3 is 13.7 Å². The van der Waals surface area contributed by atoms with Crippen LogP contribution in [0.1, 0.15) is 11.1 Å². The molecule has 0 N–H and O–H groups in total. The van der Waals surface area contributed by atoms with Gasteiger partial charge in [-0.1, -0.05) is 147 Å². The van der Waals surface area contributed by atoms with Gasteiger partial charge in [0.1, 0.15) is 22.3 Å². The number of hydrogen-bond acceptors (Lipinski definition) is 3. The number of fused-ring (bicyclic) bond motifs is 8. The van der Waals surface area contributed by atoms with Crippen LogP contribution in [0.3, 0.4) is 0 Å². The van der Waals surface area contributed by atoms with E-state index in [1.54, 1.807) is 0 Å². The monoisotopic (exact) mass is 821 g/mol. The summed E-state index contributed by atoms with van der Waals surface area (Å²) in [4.78, 5) is 2.42. The Kier molecular flexibility index (Phi) is 7.23.